The molecule has 306 valence electrons. The van der Waals surface area contributed by atoms with Crippen LogP contribution in [0.3, 0.4) is 0 Å². The zero-order valence-electron chi connectivity index (χ0n) is 35.7. The van der Waals surface area contributed by atoms with Gasteiger partial charge in [-0.3, -0.25) is 0 Å². The molecular weight excluding hydrogens is 781 g/mol. The summed E-state index contributed by atoms with van der Waals surface area (Å²) in [4.78, 5) is 20.1. The number of hydrogen-bond acceptors (Lipinski definition) is 5. The highest BCUT2D eigenvalue weighted by Crippen LogP contribution is 2.50. The Bertz CT molecular complexity index is 3120. The predicted molar refractivity (Wildman–Crippen MR) is 261 cm³/mol. The van der Waals surface area contributed by atoms with Crippen LogP contribution in [0.1, 0.15) is 49.1 Å². The second-order valence-electron chi connectivity index (χ2n) is 17.0. The molecule has 1 aliphatic heterocycles. The van der Waals surface area contributed by atoms with Crippen molar-refractivity contribution in [2.45, 2.75) is 32.1 Å². The highest BCUT2D eigenvalue weighted by molar-refractivity contribution is 5.81. The van der Waals surface area contributed by atoms with Crippen LogP contribution in [0.5, 0.6) is 11.5 Å². The molecule has 0 fully saturated rings. The van der Waals surface area contributed by atoms with Crippen molar-refractivity contribution in [3.05, 3.63) is 229 Å². The molecule has 3 heterocycles. The van der Waals surface area contributed by atoms with E-state index in [4.69, 9.17) is 24.7 Å². The molecule has 0 bridgehead atoms. The monoisotopic (exact) mass is 824 g/mol. The number of hydrogen-bond donors (Lipinski definition) is 0. The van der Waals surface area contributed by atoms with Crippen LogP contribution in [0.15, 0.2) is 206 Å². The second-order valence-corrected chi connectivity index (χ2v) is 17.0. The molecule has 2 aliphatic rings. The smallest absolute Gasteiger partial charge is 0.160 e. The van der Waals surface area contributed by atoms with Crippen molar-refractivity contribution in [2.24, 2.45) is 0 Å². The summed E-state index contributed by atoms with van der Waals surface area (Å²) in [6.45, 7) is 4.62. The first-order valence-electron chi connectivity index (χ1n) is 21.9. The molecule has 1 aliphatic carbocycles. The zero-order chi connectivity index (χ0) is 43.0. The van der Waals surface area contributed by atoms with Crippen molar-refractivity contribution in [1.82, 2.24) is 19.9 Å². The van der Waals surface area contributed by atoms with E-state index in [-0.39, 0.29) is 5.41 Å². The fourth-order valence-electron chi connectivity index (χ4n) is 8.94. The van der Waals surface area contributed by atoms with E-state index >= 15 is 0 Å². The second kappa shape index (κ2) is 16.4. The summed E-state index contributed by atoms with van der Waals surface area (Å²) in [5.41, 5.74) is 16.9. The molecule has 0 saturated heterocycles. The topological polar surface area (TPSA) is 60.8 Å². The van der Waals surface area contributed by atoms with Crippen molar-refractivity contribution >= 4 is 11.1 Å². The fraction of sp³-hybridized carbons (Fsp3) is 0.0847. The van der Waals surface area contributed by atoms with Crippen molar-refractivity contribution in [3.8, 4) is 79.2 Å². The minimum atomic E-state index is -0.295. The lowest BCUT2D eigenvalue weighted by molar-refractivity contribution is 0.418. The Morgan fingerprint density at radius 1 is 0.344 bits per heavy atom. The van der Waals surface area contributed by atoms with Gasteiger partial charge in [0.2, 0.25) is 0 Å². The maximum atomic E-state index is 6.63. The number of ether oxygens (including phenoxy) is 1. The van der Waals surface area contributed by atoms with Crippen molar-refractivity contribution in [2.75, 3.05) is 0 Å². The van der Waals surface area contributed by atoms with Gasteiger partial charge in [0.25, 0.3) is 0 Å². The van der Waals surface area contributed by atoms with Crippen molar-refractivity contribution in [3.63, 3.8) is 0 Å². The summed E-state index contributed by atoms with van der Waals surface area (Å²) < 4.78 is 6.63. The van der Waals surface area contributed by atoms with Crippen LogP contribution in [0.25, 0.3) is 78.8 Å². The highest BCUT2D eigenvalue weighted by atomic mass is 16.5. The molecule has 2 aromatic heterocycles. The zero-order valence-corrected chi connectivity index (χ0v) is 35.7. The molecular formula is C59H44N4O. The average Bonchev–Trinajstić information content (AvgIpc) is 3.37. The van der Waals surface area contributed by atoms with Gasteiger partial charge < -0.3 is 4.74 Å². The molecule has 0 amide bonds. The van der Waals surface area contributed by atoms with Gasteiger partial charge in [0.15, 0.2) is 11.6 Å². The molecule has 11 rings (SSSR count). The average molecular weight is 825 g/mol. The van der Waals surface area contributed by atoms with Crippen molar-refractivity contribution < 1.29 is 4.74 Å². The first-order chi connectivity index (χ1) is 31.4. The van der Waals surface area contributed by atoms with Crippen LogP contribution in [0.4, 0.5) is 0 Å². The number of aromatic nitrogens is 4. The third-order valence-electron chi connectivity index (χ3n) is 12.5. The Kier molecular flexibility index (Phi) is 9.93. The lowest BCUT2D eigenvalue weighted by Gasteiger charge is -2.35. The number of rotatable bonds is 8. The van der Waals surface area contributed by atoms with E-state index in [0.717, 1.165) is 91.9 Å². The normalized spacial score (nSPS) is 13.8. The van der Waals surface area contributed by atoms with Crippen molar-refractivity contribution in [1.29, 1.82) is 0 Å². The Morgan fingerprint density at radius 2 is 0.719 bits per heavy atom. The summed E-state index contributed by atoms with van der Waals surface area (Å²) in [5.74, 6) is 3.25. The Labute approximate surface area is 374 Å². The number of nitrogens with zero attached hydrogens (tertiary/aromatic N) is 4. The van der Waals surface area contributed by atoms with E-state index in [1.165, 1.54) is 27.8 Å². The van der Waals surface area contributed by atoms with Gasteiger partial charge in [-0.25, -0.2) is 19.9 Å². The van der Waals surface area contributed by atoms with E-state index < -0.39 is 0 Å². The van der Waals surface area contributed by atoms with Gasteiger partial charge in [0.05, 0.1) is 22.8 Å². The number of benzene rings is 7. The summed E-state index contributed by atoms with van der Waals surface area (Å²) in [6.07, 6.45) is 6.30. The molecule has 64 heavy (non-hydrogen) atoms. The first kappa shape index (κ1) is 38.9. The summed E-state index contributed by atoms with van der Waals surface area (Å²) in [7, 11) is 0. The Morgan fingerprint density at radius 3 is 1.22 bits per heavy atom. The van der Waals surface area contributed by atoms with Gasteiger partial charge in [-0.2, -0.15) is 0 Å². The first-order valence-corrected chi connectivity index (χ1v) is 21.9. The lowest BCUT2D eigenvalue weighted by Crippen LogP contribution is -2.24. The molecule has 0 N–H and O–H groups in total. The third kappa shape index (κ3) is 7.52. The maximum Gasteiger partial charge on any atom is 0.160 e. The van der Waals surface area contributed by atoms with Gasteiger partial charge in [-0.15, -0.1) is 0 Å². The van der Waals surface area contributed by atoms with Crippen LogP contribution in [0.2, 0.25) is 0 Å². The minimum absolute atomic E-state index is 0.295. The number of fused-ring (bicyclic) bond motifs is 2. The van der Waals surface area contributed by atoms with Gasteiger partial charge in [0.1, 0.15) is 11.5 Å². The van der Waals surface area contributed by atoms with E-state index in [1.54, 1.807) is 0 Å². The van der Waals surface area contributed by atoms with Crippen LogP contribution in [-0.2, 0) is 5.41 Å². The maximum absolute atomic E-state index is 6.63. The molecule has 0 unspecified atom stereocenters. The van der Waals surface area contributed by atoms with E-state index in [9.17, 15) is 0 Å². The minimum Gasteiger partial charge on any atom is -0.457 e. The van der Waals surface area contributed by atoms with Gasteiger partial charge >= 0.3 is 0 Å². The predicted octanol–water partition coefficient (Wildman–Crippen LogP) is 15.0. The molecule has 7 aromatic carbocycles. The SMILES string of the molecule is CC1(C)c2cc(C3=CC=C(c4cc(-c5ccccc5)nc(-c5ccccc5)n4)CC3)ccc2Oc2ccc(-c3ccc(-c4cc(-c5ccccc5)nc(-c5ccccc5)n4)cc3)cc21. The quantitative estimate of drug-likeness (QED) is 0.153. The van der Waals surface area contributed by atoms with E-state index in [0.29, 0.717) is 5.82 Å². The van der Waals surface area contributed by atoms with Crippen LogP contribution >= 0.6 is 0 Å². The van der Waals surface area contributed by atoms with Crippen LogP contribution < -0.4 is 4.74 Å². The third-order valence-corrected chi connectivity index (χ3v) is 12.5. The fourth-order valence-corrected chi connectivity index (χ4v) is 8.94. The molecule has 0 radical (unpaired) electrons. The Balaban J connectivity index is 0.876. The van der Waals surface area contributed by atoms with Gasteiger partial charge in [0, 0.05) is 44.4 Å². The molecule has 5 heteroatoms. The molecule has 0 saturated carbocycles. The standard InChI is InChI=1S/C59H44N4O/c1-59(2)49-35-47(39-23-27-43(28-24-39)53-37-51(41-15-7-3-8-16-41)60-57(62-53)45-19-11-5-12-20-45)31-33-55(49)64-56-34-32-48(36-50(56)59)40-25-29-44(30-26-40)54-38-52(42-17-9-4-10-18-42)61-58(63-54)46-21-13-6-14-22-46/h3-25,27-29,31-38H,26,30H2,1-2H3. The summed E-state index contributed by atoms with van der Waals surface area (Å²) >= 11 is 0. The van der Waals surface area contributed by atoms with E-state index in [1.807, 2.05) is 60.7 Å². The largest absolute Gasteiger partial charge is 0.457 e. The molecule has 5 nitrogen and oxygen atoms in total. The molecule has 0 atom stereocenters. The molecule has 0 spiro atoms. The lowest BCUT2D eigenvalue weighted by atomic mass is 9.74. The van der Waals surface area contributed by atoms with Gasteiger partial charge in [-0.05, 0) is 77.1 Å². The van der Waals surface area contributed by atoms with Crippen LogP contribution in [-0.4, -0.2) is 19.9 Å². The highest BCUT2D eigenvalue weighted by Gasteiger charge is 2.35. The van der Waals surface area contributed by atoms with E-state index in [2.05, 4.69) is 159 Å². The van der Waals surface area contributed by atoms with Crippen LogP contribution in [0, 0.1) is 0 Å². The number of allylic oxidation sites excluding steroid dienone is 4. The Hall–Kier alpha value is -8.02. The van der Waals surface area contributed by atoms with Gasteiger partial charge in [-0.1, -0.05) is 184 Å². The molecule has 9 aromatic rings. The summed E-state index contributed by atoms with van der Waals surface area (Å²) in [5, 5.41) is 0. The summed E-state index contributed by atoms with van der Waals surface area (Å²) in [6, 6.07) is 67.3.